The second kappa shape index (κ2) is 8.54. The van der Waals surface area contributed by atoms with E-state index in [-0.39, 0.29) is 16.6 Å². The Morgan fingerprint density at radius 2 is 1.83 bits per heavy atom. The first-order valence-electron chi connectivity index (χ1n) is 8.48. The number of benzene rings is 2. The number of aryl methyl sites for hydroxylation is 2. The molecule has 9 heteroatoms. The number of nitro groups is 1. The molecule has 0 spiro atoms. The van der Waals surface area contributed by atoms with Crippen LogP contribution >= 0.6 is 28.1 Å². The number of nitrogens with one attached hydrogen (secondary N) is 2. The molecule has 0 bridgehead atoms. The fraction of sp³-hybridized carbons (Fsp3) is 0.100. The number of hydrogen-bond donors (Lipinski definition) is 2. The highest BCUT2D eigenvalue weighted by atomic mass is 79.9. The van der Waals surface area contributed by atoms with Gasteiger partial charge in [-0.25, -0.2) is 0 Å². The molecule has 2 N–H and O–H groups in total. The van der Waals surface area contributed by atoms with E-state index in [4.69, 9.17) is 16.6 Å². The standard InChI is InChI=1S/C20H16BrN3O4S/c1-11-8-14(21)9-12(2)18(11)22-20(29)23-19(25)17-7-6-16(28-17)13-4-3-5-15(10-13)24(26)27/h3-10H,1-2H3,(H2,22,23,25,29). The molecule has 0 saturated carbocycles. The van der Waals surface area contributed by atoms with Gasteiger partial charge < -0.3 is 9.73 Å². The van der Waals surface area contributed by atoms with Gasteiger partial charge in [0.25, 0.3) is 11.6 Å². The van der Waals surface area contributed by atoms with Gasteiger partial charge in [-0.05, 0) is 61.5 Å². The van der Waals surface area contributed by atoms with Crippen molar-refractivity contribution in [2.75, 3.05) is 5.32 Å². The van der Waals surface area contributed by atoms with E-state index in [0.717, 1.165) is 21.3 Å². The minimum Gasteiger partial charge on any atom is -0.451 e. The third-order valence-electron chi connectivity index (χ3n) is 4.13. The molecule has 29 heavy (non-hydrogen) atoms. The Morgan fingerprint density at radius 3 is 2.48 bits per heavy atom. The van der Waals surface area contributed by atoms with Crippen LogP contribution in [-0.2, 0) is 0 Å². The second-order valence-electron chi connectivity index (χ2n) is 6.29. The van der Waals surface area contributed by atoms with E-state index in [1.54, 1.807) is 18.2 Å². The van der Waals surface area contributed by atoms with E-state index in [1.165, 1.54) is 18.2 Å². The third kappa shape index (κ3) is 4.87. The summed E-state index contributed by atoms with van der Waals surface area (Å²) in [5, 5.41) is 16.7. The van der Waals surface area contributed by atoms with Crippen molar-refractivity contribution in [2.24, 2.45) is 0 Å². The first-order valence-corrected chi connectivity index (χ1v) is 9.68. The van der Waals surface area contributed by atoms with Gasteiger partial charge in [-0.2, -0.15) is 0 Å². The fourth-order valence-electron chi connectivity index (χ4n) is 2.81. The zero-order valence-corrected chi connectivity index (χ0v) is 17.9. The Morgan fingerprint density at radius 1 is 1.14 bits per heavy atom. The van der Waals surface area contributed by atoms with E-state index >= 15 is 0 Å². The maximum absolute atomic E-state index is 12.4. The van der Waals surface area contributed by atoms with Crippen molar-refractivity contribution in [3.8, 4) is 11.3 Å². The minimum absolute atomic E-state index is 0.0416. The van der Waals surface area contributed by atoms with Gasteiger partial charge in [0.05, 0.1) is 4.92 Å². The average molecular weight is 474 g/mol. The molecule has 0 saturated heterocycles. The Kier molecular flexibility index (Phi) is 6.09. The monoisotopic (exact) mass is 473 g/mol. The Balaban J connectivity index is 1.71. The highest BCUT2D eigenvalue weighted by molar-refractivity contribution is 9.10. The molecule has 0 radical (unpaired) electrons. The predicted molar refractivity (Wildman–Crippen MR) is 118 cm³/mol. The van der Waals surface area contributed by atoms with Gasteiger partial charge in [-0.15, -0.1) is 0 Å². The van der Waals surface area contributed by atoms with Crippen LogP contribution in [0.15, 0.2) is 57.4 Å². The van der Waals surface area contributed by atoms with Crippen LogP contribution in [0, 0.1) is 24.0 Å². The normalized spacial score (nSPS) is 10.4. The van der Waals surface area contributed by atoms with Gasteiger partial charge in [0, 0.05) is 27.9 Å². The number of nitrogens with zero attached hydrogens (tertiary/aromatic N) is 1. The highest BCUT2D eigenvalue weighted by Gasteiger charge is 2.16. The highest BCUT2D eigenvalue weighted by Crippen LogP contribution is 2.26. The number of thiocarbonyl (C=S) groups is 1. The molecule has 148 valence electrons. The summed E-state index contributed by atoms with van der Waals surface area (Å²) in [6.45, 7) is 3.87. The van der Waals surface area contributed by atoms with Gasteiger partial charge >= 0.3 is 0 Å². The molecule has 0 fully saturated rings. The largest absolute Gasteiger partial charge is 0.451 e. The molecular formula is C20H16BrN3O4S. The number of hydrogen-bond acceptors (Lipinski definition) is 5. The zero-order valence-electron chi connectivity index (χ0n) is 15.5. The lowest BCUT2D eigenvalue weighted by molar-refractivity contribution is -0.384. The maximum Gasteiger partial charge on any atom is 0.293 e. The summed E-state index contributed by atoms with van der Waals surface area (Å²) in [7, 11) is 0. The molecule has 7 nitrogen and oxygen atoms in total. The Bertz CT molecular complexity index is 1100. The van der Waals surface area contributed by atoms with Crippen LogP contribution in [-0.4, -0.2) is 15.9 Å². The predicted octanol–water partition coefficient (Wildman–Crippen LogP) is 5.36. The van der Waals surface area contributed by atoms with Crippen LogP contribution in [0.3, 0.4) is 0 Å². The number of carbonyl (C=O) groups is 1. The number of nitro benzene ring substituents is 1. The molecule has 1 heterocycles. The van der Waals surface area contributed by atoms with E-state index in [2.05, 4.69) is 26.6 Å². The number of carbonyl (C=O) groups excluding carboxylic acids is 1. The number of rotatable bonds is 4. The zero-order chi connectivity index (χ0) is 21.1. The van der Waals surface area contributed by atoms with Crippen molar-refractivity contribution in [1.29, 1.82) is 0 Å². The van der Waals surface area contributed by atoms with Crippen LogP contribution in [0.4, 0.5) is 11.4 Å². The van der Waals surface area contributed by atoms with E-state index in [0.29, 0.717) is 11.3 Å². The van der Waals surface area contributed by atoms with E-state index in [1.807, 2.05) is 26.0 Å². The molecule has 3 rings (SSSR count). The van der Waals surface area contributed by atoms with Crippen molar-refractivity contribution in [3.63, 3.8) is 0 Å². The summed E-state index contributed by atoms with van der Waals surface area (Å²) in [5.74, 6) is -0.135. The lowest BCUT2D eigenvalue weighted by Gasteiger charge is -2.14. The molecule has 0 aliphatic rings. The first-order chi connectivity index (χ1) is 13.7. The summed E-state index contributed by atoms with van der Waals surface area (Å²) in [5.41, 5.74) is 3.20. The van der Waals surface area contributed by atoms with Crippen LogP contribution in [0.25, 0.3) is 11.3 Å². The van der Waals surface area contributed by atoms with E-state index in [9.17, 15) is 14.9 Å². The first kappa shape index (κ1) is 20.7. The fourth-order valence-corrected chi connectivity index (χ4v) is 3.69. The second-order valence-corrected chi connectivity index (χ2v) is 7.62. The summed E-state index contributed by atoms with van der Waals surface area (Å²) in [6, 6.07) is 12.9. The summed E-state index contributed by atoms with van der Waals surface area (Å²) < 4.78 is 6.51. The number of non-ortho nitro benzene ring substituents is 1. The molecule has 0 aliphatic carbocycles. The van der Waals surface area contributed by atoms with Crippen LogP contribution in [0.5, 0.6) is 0 Å². The van der Waals surface area contributed by atoms with Crippen molar-refractivity contribution < 1.29 is 14.1 Å². The molecule has 1 aromatic heterocycles. The summed E-state index contributed by atoms with van der Waals surface area (Å²) in [4.78, 5) is 22.9. The molecule has 3 aromatic rings. The number of anilines is 1. The van der Waals surface area contributed by atoms with Crippen molar-refractivity contribution in [2.45, 2.75) is 13.8 Å². The van der Waals surface area contributed by atoms with E-state index < -0.39 is 10.8 Å². The molecule has 0 unspecified atom stereocenters. The SMILES string of the molecule is Cc1cc(Br)cc(C)c1NC(=S)NC(=O)c1ccc(-c2cccc([N+](=O)[O-])c2)o1. The Hall–Kier alpha value is -3.04. The van der Waals surface area contributed by atoms with Crippen LogP contribution < -0.4 is 10.6 Å². The van der Waals surface area contributed by atoms with Crippen molar-refractivity contribution in [3.05, 3.63) is 80.0 Å². The molecule has 2 aromatic carbocycles. The van der Waals surface area contributed by atoms with Gasteiger partial charge in [-0.1, -0.05) is 28.1 Å². The van der Waals surface area contributed by atoms with Gasteiger partial charge in [-0.3, -0.25) is 20.2 Å². The van der Waals surface area contributed by atoms with Crippen molar-refractivity contribution in [1.82, 2.24) is 5.32 Å². The van der Waals surface area contributed by atoms with Gasteiger partial charge in [0.2, 0.25) is 0 Å². The van der Waals surface area contributed by atoms with Crippen LogP contribution in [0.2, 0.25) is 0 Å². The number of amides is 1. The lowest BCUT2D eigenvalue weighted by Crippen LogP contribution is -2.34. The van der Waals surface area contributed by atoms with Gasteiger partial charge in [0.15, 0.2) is 10.9 Å². The molecule has 0 atom stereocenters. The summed E-state index contributed by atoms with van der Waals surface area (Å²) >= 11 is 8.68. The lowest BCUT2D eigenvalue weighted by atomic mass is 10.1. The number of furan rings is 1. The third-order valence-corrected chi connectivity index (χ3v) is 4.80. The topological polar surface area (TPSA) is 97.4 Å². The minimum atomic E-state index is -0.522. The quantitative estimate of drug-likeness (QED) is 0.300. The van der Waals surface area contributed by atoms with Gasteiger partial charge in [0.1, 0.15) is 5.76 Å². The molecular weight excluding hydrogens is 458 g/mol. The summed E-state index contributed by atoms with van der Waals surface area (Å²) in [6.07, 6.45) is 0. The maximum atomic E-state index is 12.4. The smallest absolute Gasteiger partial charge is 0.293 e. The molecule has 0 aliphatic heterocycles. The average Bonchev–Trinajstić information content (AvgIpc) is 3.15. The van der Waals surface area contributed by atoms with Crippen molar-refractivity contribution >= 4 is 50.5 Å². The number of halogens is 1. The molecule has 1 amide bonds. The Labute approximate surface area is 180 Å². The van der Waals surface area contributed by atoms with Crippen LogP contribution in [0.1, 0.15) is 21.7 Å².